The molecule has 1 fully saturated rings. The van der Waals surface area contributed by atoms with E-state index in [0.717, 1.165) is 16.3 Å². The molecule has 1 saturated carbocycles. The van der Waals surface area contributed by atoms with Gasteiger partial charge in [0.1, 0.15) is 5.01 Å². The quantitative estimate of drug-likeness (QED) is 0.734. The number of nitrogens with zero attached hydrogens (tertiary/aromatic N) is 4. The van der Waals surface area contributed by atoms with Gasteiger partial charge in [-0.2, -0.15) is 0 Å². The molecule has 2 N–H and O–H groups in total. The Kier molecular flexibility index (Phi) is 4.19. The van der Waals surface area contributed by atoms with E-state index in [2.05, 4.69) is 25.8 Å². The highest BCUT2D eigenvalue weighted by atomic mass is 32.1. The van der Waals surface area contributed by atoms with Gasteiger partial charge in [0.2, 0.25) is 5.13 Å². The SMILES string of the molecule is CC(NC(=O)Nc1nnc(C2CC2)s1)c1ccc(-n2ccnc2)cc1. The zero-order chi connectivity index (χ0) is 17.2. The van der Waals surface area contributed by atoms with Gasteiger partial charge in [-0.15, -0.1) is 10.2 Å². The van der Waals surface area contributed by atoms with Gasteiger partial charge in [-0.25, -0.2) is 9.78 Å². The van der Waals surface area contributed by atoms with Crippen molar-refractivity contribution < 1.29 is 4.79 Å². The van der Waals surface area contributed by atoms with Crippen LogP contribution in [0.5, 0.6) is 0 Å². The first kappa shape index (κ1) is 15.8. The molecule has 8 heteroatoms. The van der Waals surface area contributed by atoms with Crippen LogP contribution in [0.3, 0.4) is 0 Å². The maximum atomic E-state index is 12.1. The summed E-state index contributed by atoms with van der Waals surface area (Å²) in [5.74, 6) is 0.545. The first-order valence-corrected chi connectivity index (χ1v) is 9.00. The lowest BCUT2D eigenvalue weighted by Crippen LogP contribution is -2.31. The molecule has 1 atom stereocenters. The van der Waals surface area contributed by atoms with Crippen molar-refractivity contribution in [2.75, 3.05) is 5.32 Å². The molecule has 3 aromatic rings. The van der Waals surface area contributed by atoms with E-state index in [-0.39, 0.29) is 12.1 Å². The molecule has 128 valence electrons. The van der Waals surface area contributed by atoms with Gasteiger partial charge in [0.25, 0.3) is 0 Å². The van der Waals surface area contributed by atoms with Gasteiger partial charge in [-0.05, 0) is 37.5 Å². The second-order valence-corrected chi connectivity index (χ2v) is 7.11. The first-order chi connectivity index (χ1) is 12.2. The molecular weight excluding hydrogens is 336 g/mol. The van der Waals surface area contributed by atoms with Crippen molar-refractivity contribution in [3.63, 3.8) is 0 Å². The molecule has 2 heterocycles. The summed E-state index contributed by atoms with van der Waals surface area (Å²) in [5, 5.41) is 15.4. The van der Waals surface area contributed by atoms with Gasteiger partial charge in [0, 0.05) is 24.0 Å². The zero-order valence-electron chi connectivity index (χ0n) is 13.7. The van der Waals surface area contributed by atoms with Crippen molar-refractivity contribution >= 4 is 22.5 Å². The molecule has 0 bridgehead atoms. The fourth-order valence-electron chi connectivity index (χ4n) is 2.54. The predicted octanol–water partition coefficient (Wildman–Crippen LogP) is 3.48. The molecule has 0 aliphatic heterocycles. The van der Waals surface area contributed by atoms with Gasteiger partial charge in [-0.3, -0.25) is 5.32 Å². The molecule has 0 saturated heterocycles. The summed E-state index contributed by atoms with van der Waals surface area (Å²) >= 11 is 1.45. The number of hydrogen-bond acceptors (Lipinski definition) is 5. The topological polar surface area (TPSA) is 84.7 Å². The summed E-state index contributed by atoms with van der Waals surface area (Å²) in [6, 6.07) is 7.60. The number of rotatable bonds is 5. The number of aromatic nitrogens is 4. The minimum Gasteiger partial charge on any atom is -0.331 e. The Labute approximate surface area is 149 Å². The number of hydrogen-bond donors (Lipinski definition) is 2. The smallest absolute Gasteiger partial charge is 0.321 e. The molecule has 2 aromatic heterocycles. The molecule has 1 aliphatic carbocycles. The second kappa shape index (κ2) is 6.64. The van der Waals surface area contributed by atoms with E-state index in [1.807, 2.05) is 42.0 Å². The Morgan fingerprint density at radius 3 is 2.76 bits per heavy atom. The molecule has 7 nitrogen and oxygen atoms in total. The fourth-order valence-corrected chi connectivity index (χ4v) is 3.45. The summed E-state index contributed by atoms with van der Waals surface area (Å²) < 4.78 is 1.93. The van der Waals surface area contributed by atoms with Crippen molar-refractivity contribution in [1.82, 2.24) is 25.1 Å². The van der Waals surface area contributed by atoms with E-state index in [1.165, 1.54) is 24.2 Å². The molecule has 1 aliphatic rings. The van der Waals surface area contributed by atoms with E-state index in [9.17, 15) is 4.79 Å². The number of nitrogens with one attached hydrogen (secondary N) is 2. The van der Waals surface area contributed by atoms with Crippen LogP contribution in [-0.2, 0) is 0 Å². The zero-order valence-corrected chi connectivity index (χ0v) is 14.5. The van der Waals surface area contributed by atoms with Crippen LogP contribution in [0.25, 0.3) is 5.69 Å². The maximum absolute atomic E-state index is 12.1. The van der Waals surface area contributed by atoms with E-state index in [1.54, 1.807) is 12.5 Å². The Bertz CT molecular complexity index is 854. The average molecular weight is 354 g/mol. The van der Waals surface area contributed by atoms with Gasteiger partial charge >= 0.3 is 6.03 Å². The molecule has 0 spiro atoms. The van der Waals surface area contributed by atoms with E-state index >= 15 is 0 Å². The number of amides is 2. The van der Waals surface area contributed by atoms with E-state index in [0.29, 0.717) is 11.0 Å². The monoisotopic (exact) mass is 354 g/mol. The number of urea groups is 1. The van der Waals surface area contributed by atoms with Crippen molar-refractivity contribution in [2.24, 2.45) is 0 Å². The molecule has 1 aromatic carbocycles. The van der Waals surface area contributed by atoms with Crippen LogP contribution >= 0.6 is 11.3 Å². The minimum atomic E-state index is -0.273. The number of anilines is 1. The Morgan fingerprint density at radius 1 is 1.28 bits per heavy atom. The molecule has 0 radical (unpaired) electrons. The number of benzene rings is 1. The highest BCUT2D eigenvalue weighted by Gasteiger charge is 2.27. The molecule has 25 heavy (non-hydrogen) atoms. The predicted molar refractivity (Wildman–Crippen MR) is 96.0 cm³/mol. The lowest BCUT2D eigenvalue weighted by molar-refractivity contribution is 0.249. The van der Waals surface area contributed by atoms with Gasteiger partial charge in [-0.1, -0.05) is 23.5 Å². The molecular formula is C17H18N6OS. The number of carbonyl (C=O) groups is 1. The largest absolute Gasteiger partial charge is 0.331 e. The third-order valence-corrected chi connectivity index (χ3v) is 5.13. The van der Waals surface area contributed by atoms with E-state index in [4.69, 9.17) is 0 Å². The summed E-state index contributed by atoms with van der Waals surface area (Å²) in [6.07, 6.45) is 7.73. The summed E-state index contributed by atoms with van der Waals surface area (Å²) in [6.45, 7) is 1.95. The normalized spacial score (nSPS) is 14.9. The Morgan fingerprint density at radius 2 is 2.08 bits per heavy atom. The van der Waals surface area contributed by atoms with Gasteiger partial charge in [0.05, 0.1) is 12.4 Å². The minimum absolute atomic E-state index is 0.118. The van der Waals surface area contributed by atoms with Gasteiger partial charge in [0.15, 0.2) is 0 Å². The van der Waals surface area contributed by atoms with Crippen LogP contribution in [0, 0.1) is 0 Å². The maximum Gasteiger partial charge on any atom is 0.321 e. The van der Waals surface area contributed by atoms with Crippen molar-refractivity contribution in [1.29, 1.82) is 0 Å². The first-order valence-electron chi connectivity index (χ1n) is 8.18. The summed E-state index contributed by atoms with van der Waals surface area (Å²) in [4.78, 5) is 16.2. The Hall–Kier alpha value is -2.74. The third-order valence-electron chi connectivity index (χ3n) is 4.13. The average Bonchev–Trinajstić information content (AvgIpc) is 3.12. The second-order valence-electron chi connectivity index (χ2n) is 6.10. The van der Waals surface area contributed by atoms with Crippen LogP contribution in [0.4, 0.5) is 9.93 Å². The fraction of sp³-hybridized carbons (Fsp3) is 0.294. The van der Waals surface area contributed by atoms with Crippen LogP contribution in [-0.4, -0.2) is 25.8 Å². The molecule has 1 unspecified atom stereocenters. The third kappa shape index (κ3) is 3.69. The van der Waals surface area contributed by atoms with Gasteiger partial charge < -0.3 is 9.88 Å². The van der Waals surface area contributed by atoms with Crippen LogP contribution in [0.15, 0.2) is 43.0 Å². The van der Waals surface area contributed by atoms with Crippen molar-refractivity contribution in [3.8, 4) is 5.69 Å². The summed E-state index contributed by atoms with van der Waals surface area (Å²) in [7, 11) is 0. The Balaban J connectivity index is 1.35. The summed E-state index contributed by atoms with van der Waals surface area (Å²) in [5.41, 5.74) is 2.05. The highest BCUT2D eigenvalue weighted by molar-refractivity contribution is 7.15. The van der Waals surface area contributed by atoms with E-state index < -0.39 is 0 Å². The number of imidazole rings is 1. The number of carbonyl (C=O) groups excluding carboxylic acids is 1. The highest BCUT2D eigenvalue weighted by Crippen LogP contribution is 2.42. The van der Waals surface area contributed by atoms with Crippen LogP contribution in [0.2, 0.25) is 0 Å². The van der Waals surface area contributed by atoms with Crippen LogP contribution in [0.1, 0.15) is 42.3 Å². The van der Waals surface area contributed by atoms with Crippen LogP contribution < -0.4 is 10.6 Å². The lowest BCUT2D eigenvalue weighted by Gasteiger charge is -2.14. The van der Waals surface area contributed by atoms with Crippen molar-refractivity contribution in [2.45, 2.75) is 31.7 Å². The molecule has 4 rings (SSSR count). The molecule has 2 amide bonds. The lowest BCUT2D eigenvalue weighted by atomic mass is 10.1. The standard InChI is InChI=1S/C17H18N6OS/c1-11(12-4-6-14(7-5-12)23-9-8-18-10-23)19-16(24)20-17-22-21-15(25-17)13-2-3-13/h4-11,13H,2-3H2,1H3,(H2,19,20,22,24). The van der Waals surface area contributed by atoms with Crippen molar-refractivity contribution in [3.05, 3.63) is 53.6 Å².